The summed E-state index contributed by atoms with van der Waals surface area (Å²) in [5.74, 6) is -0.00934. The van der Waals surface area contributed by atoms with Crippen LogP contribution in [0.25, 0.3) is 0 Å². The van der Waals surface area contributed by atoms with Crippen molar-refractivity contribution in [3.8, 4) is 0 Å². The van der Waals surface area contributed by atoms with Crippen molar-refractivity contribution >= 4 is 23.2 Å². The second-order valence-corrected chi connectivity index (χ2v) is 6.56. The Kier molecular flexibility index (Phi) is 4.18. The fraction of sp³-hybridized carbons (Fsp3) is 0.600. The van der Waals surface area contributed by atoms with Gasteiger partial charge in [-0.05, 0) is 43.7 Å². The van der Waals surface area contributed by atoms with E-state index in [-0.39, 0.29) is 17.9 Å². The molecule has 0 aliphatic carbocycles. The van der Waals surface area contributed by atoms with E-state index in [0.29, 0.717) is 19.4 Å². The number of piperazine rings is 1. The van der Waals surface area contributed by atoms with Gasteiger partial charge in [0.2, 0.25) is 11.8 Å². The van der Waals surface area contributed by atoms with Crippen LogP contribution in [0.2, 0.25) is 0 Å². The maximum Gasteiger partial charge on any atom is 0.249 e. The molecule has 2 rings (SSSR count). The molecule has 1 aromatic rings. The number of hydrogen-bond donors (Lipinski definition) is 1. The van der Waals surface area contributed by atoms with Gasteiger partial charge in [-0.25, -0.2) is 0 Å². The summed E-state index contributed by atoms with van der Waals surface area (Å²) in [7, 11) is 0. The minimum absolute atomic E-state index is 0.0271. The highest BCUT2D eigenvalue weighted by molar-refractivity contribution is 7.10. The molecule has 1 saturated heterocycles. The lowest BCUT2D eigenvalue weighted by Crippen LogP contribution is -2.68. The summed E-state index contributed by atoms with van der Waals surface area (Å²) in [5, 5.41) is 4.92. The molecule has 2 amide bonds. The second kappa shape index (κ2) is 5.56. The quantitative estimate of drug-likeness (QED) is 0.927. The Hall–Kier alpha value is -1.36. The van der Waals surface area contributed by atoms with Crippen molar-refractivity contribution in [3.63, 3.8) is 0 Å². The molecule has 1 aliphatic heterocycles. The summed E-state index contributed by atoms with van der Waals surface area (Å²) in [6, 6.07) is 1.69. The second-order valence-electron chi connectivity index (χ2n) is 5.56. The van der Waals surface area contributed by atoms with E-state index in [1.807, 2.05) is 33.1 Å². The third kappa shape index (κ3) is 2.46. The van der Waals surface area contributed by atoms with Crippen LogP contribution in [-0.2, 0) is 16.1 Å². The van der Waals surface area contributed by atoms with E-state index in [1.54, 1.807) is 16.2 Å². The standard InChI is InChI=1S/C15H22N2O2S/c1-5-11-13(18)16-15(4,6-2)14(19)17(11)9-12-10(3)7-8-20-12/h7-8,11H,5-6,9H2,1-4H3,(H,16,18). The molecule has 1 aliphatic rings. The number of hydrogen-bond acceptors (Lipinski definition) is 3. The molecular formula is C15H22N2O2S. The van der Waals surface area contributed by atoms with E-state index >= 15 is 0 Å². The Morgan fingerprint density at radius 3 is 2.60 bits per heavy atom. The zero-order valence-electron chi connectivity index (χ0n) is 12.5. The Bertz CT molecular complexity index is 526. The molecule has 2 heterocycles. The number of aryl methyl sites for hydroxylation is 1. The van der Waals surface area contributed by atoms with Crippen molar-refractivity contribution < 1.29 is 9.59 Å². The van der Waals surface area contributed by atoms with Gasteiger partial charge in [0.1, 0.15) is 11.6 Å². The number of carbonyl (C=O) groups is 2. The first-order valence-electron chi connectivity index (χ1n) is 7.09. The number of thiophene rings is 1. The minimum atomic E-state index is -0.770. The minimum Gasteiger partial charge on any atom is -0.340 e. The molecule has 0 radical (unpaired) electrons. The highest BCUT2D eigenvalue weighted by Crippen LogP contribution is 2.27. The van der Waals surface area contributed by atoms with Crippen LogP contribution in [0.15, 0.2) is 11.4 Å². The van der Waals surface area contributed by atoms with Gasteiger partial charge in [0, 0.05) is 4.88 Å². The maximum atomic E-state index is 12.7. The molecule has 1 N–H and O–H groups in total. The molecule has 0 aromatic carbocycles. The summed E-state index contributed by atoms with van der Waals surface area (Å²) in [6.07, 6.45) is 1.25. The molecule has 110 valence electrons. The molecule has 1 aromatic heterocycles. The van der Waals surface area contributed by atoms with Crippen molar-refractivity contribution in [3.05, 3.63) is 21.9 Å². The maximum absolute atomic E-state index is 12.7. The zero-order chi connectivity index (χ0) is 14.9. The van der Waals surface area contributed by atoms with Crippen molar-refractivity contribution in [2.45, 2.75) is 58.7 Å². The largest absolute Gasteiger partial charge is 0.340 e. The third-order valence-electron chi connectivity index (χ3n) is 4.19. The van der Waals surface area contributed by atoms with Gasteiger partial charge in [0.15, 0.2) is 0 Å². The third-order valence-corrected chi connectivity index (χ3v) is 5.19. The summed E-state index contributed by atoms with van der Waals surface area (Å²) in [5.41, 5.74) is 0.412. The molecule has 4 nitrogen and oxygen atoms in total. The van der Waals surface area contributed by atoms with E-state index in [0.717, 1.165) is 4.88 Å². The fourth-order valence-electron chi connectivity index (χ4n) is 2.56. The van der Waals surface area contributed by atoms with Crippen molar-refractivity contribution in [1.82, 2.24) is 10.2 Å². The molecule has 1 fully saturated rings. The Morgan fingerprint density at radius 1 is 1.40 bits per heavy atom. The number of amides is 2. The average Bonchev–Trinajstić information content (AvgIpc) is 2.81. The predicted octanol–water partition coefficient (Wildman–Crippen LogP) is 2.46. The van der Waals surface area contributed by atoms with Crippen LogP contribution in [0.4, 0.5) is 0 Å². The van der Waals surface area contributed by atoms with Gasteiger partial charge in [-0.2, -0.15) is 0 Å². The number of nitrogens with one attached hydrogen (secondary N) is 1. The Morgan fingerprint density at radius 2 is 2.10 bits per heavy atom. The summed E-state index contributed by atoms with van der Waals surface area (Å²) in [4.78, 5) is 27.9. The Labute approximate surface area is 124 Å². The smallest absolute Gasteiger partial charge is 0.249 e. The van der Waals surface area contributed by atoms with Crippen LogP contribution in [-0.4, -0.2) is 28.3 Å². The average molecular weight is 294 g/mol. The number of nitrogens with zero attached hydrogens (tertiary/aromatic N) is 1. The molecule has 5 heteroatoms. The van der Waals surface area contributed by atoms with Crippen LogP contribution in [0, 0.1) is 6.92 Å². The van der Waals surface area contributed by atoms with Crippen molar-refractivity contribution in [2.75, 3.05) is 0 Å². The van der Waals surface area contributed by atoms with Crippen LogP contribution in [0.1, 0.15) is 44.1 Å². The van der Waals surface area contributed by atoms with Gasteiger partial charge < -0.3 is 10.2 Å². The molecule has 2 unspecified atom stereocenters. The lowest BCUT2D eigenvalue weighted by atomic mass is 9.91. The van der Waals surface area contributed by atoms with E-state index in [4.69, 9.17) is 0 Å². The van der Waals surface area contributed by atoms with Gasteiger partial charge in [0.05, 0.1) is 6.54 Å². The first-order chi connectivity index (χ1) is 9.42. The zero-order valence-corrected chi connectivity index (χ0v) is 13.3. The lowest BCUT2D eigenvalue weighted by molar-refractivity contribution is -0.155. The first kappa shape index (κ1) is 15.0. The van der Waals surface area contributed by atoms with Crippen molar-refractivity contribution in [1.29, 1.82) is 0 Å². The summed E-state index contributed by atoms with van der Waals surface area (Å²) < 4.78 is 0. The normalized spacial score (nSPS) is 26.8. The lowest BCUT2D eigenvalue weighted by Gasteiger charge is -2.43. The summed E-state index contributed by atoms with van der Waals surface area (Å²) in [6.45, 7) is 8.26. The van der Waals surface area contributed by atoms with Gasteiger partial charge in [-0.15, -0.1) is 11.3 Å². The number of carbonyl (C=O) groups excluding carboxylic acids is 2. The van der Waals surface area contributed by atoms with Crippen molar-refractivity contribution in [2.24, 2.45) is 0 Å². The monoisotopic (exact) mass is 294 g/mol. The SMILES string of the molecule is CCC1C(=O)NC(C)(CC)C(=O)N1Cc1sccc1C. The van der Waals surface area contributed by atoms with Gasteiger partial charge in [0.25, 0.3) is 0 Å². The van der Waals surface area contributed by atoms with Crippen LogP contribution >= 0.6 is 11.3 Å². The fourth-order valence-corrected chi connectivity index (χ4v) is 3.46. The highest BCUT2D eigenvalue weighted by Gasteiger charge is 2.46. The molecule has 0 saturated carbocycles. The van der Waals surface area contributed by atoms with E-state index in [2.05, 4.69) is 11.4 Å². The van der Waals surface area contributed by atoms with Gasteiger partial charge >= 0.3 is 0 Å². The molecular weight excluding hydrogens is 272 g/mol. The van der Waals surface area contributed by atoms with E-state index in [9.17, 15) is 9.59 Å². The van der Waals surface area contributed by atoms with E-state index in [1.165, 1.54) is 5.56 Å². The van der Waals surface area contributed by atoms with Gasteiger partial charge in [-0.3, -0.25) is 9.59 Å². The van der Waals surface area contributed by atoms with Crippen LogP contribution in [0.5, 0.6) is 0 Å². The van der Waals surface area contributed by atoms with Crippen LogP contribution < -0.4 is 5.32 Å². The first-order valence-corrected chi connectivity index (χ1v) is 7.97. The number of rotatable bonds is 4. The topological polar surface area (TPSA) is 49.4 Å². The molecule has 2 atom stereocenters. The highest BCUT2D eigenvalue weighted by atomic mass is 32.1. The van der Waals surface area contributed by atoms with E-state index < -0.39 is 5.54 Å². The predicted molar refractivity (Wildman–Crippen MR) is 80.5 cm³/mol. The summed E-state index contributed by atoms with van der Waals surface area (Å²) >= 11 is 1.64. The molecule has 20 heavy (non-hydrogen) atoms. The Balaban J connectivity index is 2.32. The van der Waals surface area contributed by atoms with Gasteiger partial charge in [-0.1, -0.05) is 13.8 Å². The van der Waals surface area contributed by atoms with Crippen LogP contribution in [0.3, 0.4) is 0 Å². The molecule has 0 bridgehead atoms. The molecule has 0 spiro atoms.